The van der Waals surface area contributed by atoms with Crippen molar-refractivity contribution in [2.24, 2.45) is 0 Å². The van der Waals surface area contributed by atoms with Crippen LogP contribution in [0, 0.1) is 0 Å². The molecule has 0 saturated heterocycles. The van der Waals surface area contributed by atoms with Crippen molar-refractivity contribution in [3.63, 3.8) is 0 Å². The second-order valence-corrected chi connectivity index (χ2v) is 17.0. The topological polar surface area (TPSA) is 57.4 Å². The summed E-state index contributed by atoms with van der Waals surface area (Å²) in [6, 6.07) is 0. The maximum absolute atomic E-state index is 16.2. The number of halogens is 36. The molecule has 0 amide bonds. The van der Waals surface area contributed by atoms with Gasteiger partial charge in [0.1, 0.15) is 0 Å². The number of aromatic nitrogens is 4. The maximum atomic E-state index is 16.2. The van der Waals surface area contributed by atoms with Gasteiger partial charge in [-0.15, -0.1) is 0 Å². The van der Waals surface area contributed by atoms with Crippen LogP contribution in [0.25, 0.3) is 42.2 Å². The highest BCUT2D eigenvalue weighted by molar-refractivity contribution is 6.67. The van der Waals surface area contributed by atoms with Gasteiger partial charge in [-0.2, -0.15) is 123 Å². The van der Waals surface area contributed by atoms with E-state index in [1.165, 1.54) is 0 Å². The Morgan fingerprint density at radius 1 is 0.250 bits per heavy atom. The molecule has 3 aromatic heterocycles. The molecule has 2 aliphatic heterocycles. The summed E-state index contributed by atoms with van der Waals surface area (Å²) < 4.78 is 415. The van der Waals surface area contributed by atoms with Gasteiger partial charge >= 0.3 is 72.1 Å². The van der Waals surface area contributed by atoms with Gasteiger partial charge < -0.3 is 9.97 Å². The molecule has 402 valence electrons. The lowest BCUT2D eigenvalue weighted by molar-refractivity contribution is -0.359. The number of H-pyrrole nitrogens is 2. The fourth-order valence-corrected chi connectivity index (χ4v) is 7.98. The molecule has 5 heterocycles. The highest BCUT2D eigenvalue weighted by Gasteiger charge is 2.78. The zero-order valence-electron chi connectivity index (χ0n) is 31.5. The minimum absolute atomic E-state index is 0.708. The fraction of sp³-hybridized carbons (Fsp3) is 0.375. The number of fused-ring (bicyclic) bond motifs is 8. The number of nitrogens with zero attached hydrogens (tertiary/aromatic N) is 2. The molecule has 0 spiro atoms. The summed E-state index contributed by atoms with van der Waals surface area (Å²) in [7, 11) is 0. The molecular weight excluding hydrogens is 1260 g/mol. The number of hydrogen-bond donors (Lipinski definition) is 2. The van der Waals surface area contributed by atoms with Crippen molar-refractivity contribution < 1.29 is 123 Å². The average Bonchev–Trinajstić information content (AvgIpc) is 3.84. The van der Waals surface area contributed by atoms with Crippen LogP contribution in [0.5, 0.6) is 0 Å². The van der Waals surface area contributed by atoms with Gasteiger partial charge in [-0.25, -0.2) is 9.97 Å². The summed E-state index contributed by atoms with van der Waals surface area (Å²) in [6.45, 7) is 0. The van der Waals surface area contributed by atoms with Gasteiger partial charge in [0.2, 0.25) is 0 Å². The van der Waals surface area contributed by atoms with E-state index in [4.69, 9.17) is 92.8 Å². The molecule has 2 N–H and O–H groups in total. The minimum Gasteiger partial charge on any atom is -0.352 e. The average molecular weight is 1260 g/mol. The van der Waals surface area contributed by atoms with E-state index in [1.807, 2.05) is 0 Å². The van der Waals surface area contributed by atoms with E-state index in [-0.39, 0.29) is 0 Å². The van der Waals surface area contributed by atoms with Crippen molar-refractivity contribution in [2.75, 3.05) is 0 Å². The summed E-state index contributed by atoms with van der Waals surface area (Å²) in [5.74, 6) is -61.2. The van der Waals surface area contributed by atoms with Crippen LogP contribution in [-0.2, 0) is 23.7 Å². The maximum Gasteiger partial charge on any atom is 0.460 e. The first-order valence-corrected chi connectivity index (χ1v) is 19.7. The summed E-state index contributed by atoms with van der Waals surface area (Å²) >= 11 is 45.3. The van der Waals surface area contributed by atoms with Crippen molar-refractivity contribution in [3.05, 3.63) is 65.1 Å². The minimum atomic E-state index is -7.84. The van der Waals surface area contributed by atoms with Crippen molar-refractivity contribution in [1.29, 1.82) is 0 Å². The first-order chi connectivity index (χ1) is 31.7. The molecule has 4 nitrogen and oxygen atoms in total. The molecule has 0 radical (unpaired) electrons. The summed E-state index contributed by atoms with van der Waals surface area (Å²) in [5, 5.41) is -20.1. The molecule has 8 bridgehead atoms. The van der Waals surface area contributed by atoms with Crippen molar-refractivity contribution in [1.82, 2.24) is 19.9 Å². The Kier molecular flexibility index (Phi) is 14.3. The highest BCUT2D eigenvalue weighted by atomic mass is 35.5. The van der Waals surface area contributed by atoms with Crippen LogP contribution in [0.2, 0.25) is 20.1 Å². The summed E-state index contributed by atoms with van der Waals surface area (Å²) in [5.41, 5.74) is -38.1. The molecule has 40 heteroatoms. The van der Waals surface area contributed by atoms with Gasteiger partial charge in [-0.1, -0.05) is 92.8 Å². The van der Waals surface area contributed by atoms with Gasteiger partial charge in [-0.05, 0) is 0 Å². The van der Waals surface area contributed by atoms with Crippen molar-refractivity contribution in [2.45, 2.75) is 72.1 Å². The van der Waals surface area contributed by atoms with Gasteiger partial charge in [0.15, 0.2) is 0 Å². The predicted octanol–water partition coefficient (Wildman–Crippen LogP) is 18.7. The van der Waals surface area contributed by atoms with E-state index in [2.05, 4.69) is 9.97 Å². The van der Waals surface area contributed by atoms with Gasteiger partial charge in [-0.3, -0.25) is 0 Å². The molecule has 5 rings (SSSR count). The molecule has 0 atom stereocenters. The first-order valence-electron chi connectivity index (χ1n) is 16.7. The first kappa shape index (κ1) is 59.8. The largest absolute Gasteiger partial charge is 0.460 e. The van der Waals surface area contributed by atoms with Gasteiger partial charge in [0, 0.05) is 0 Å². The Morgan fingerprint density at radius 2 is 0.417 bits per heavy atom. The van der Waals surface area contributed by atoms with Crippen LogP contribution in [0.1, 0.15) is 45.0 Å². The Morgan fingerprint density at radius 3 is 0.625 bits per heavy atom. The second-order valence-electron chi connectivity index (χ2n) is 14.0. The van der Waals surface area contributed by atoms with E-state index in [0.717, 1.165) is 0 Å². The van der Waals surface area contributed by atoms with E-state index in [9.17, 15) is 61.5 Å². The Hall–Kier alpha value is -3.04. The quantitative estimate of drug-likeness (QED) is 0.221. The van der Waals surface area contributed by atoms with Crippen molar-refractivity contribution in [3.8, 4) is 0 Å². The molecule has 0 aromatic carbocycles. The van der Waals surface area contributed by atoms with Crippen molar-refractivity contribution >= 4 is 135 Å². The molecule has 72 heavy (non-hydrogen) atoms. The summed E-state index contributed by atoms with van der Waals surface area (Å²) in [4.78, 5) is 6.40. The van der Waals surface area contributed by atoms with Gasteiger partial charge in [0.05, 0.1) is 107 Å². The second kappa shape index (κ2) is 17.2. The number of aromatic amines is 2. The van der Waals surface area contributed by atoms with Crippen LogP contribution < -0.4 is 0 Å². The summed E-state index contributed by atoms with van der Waals surface area (Å²) in [6.07, 6.45) is -30.8. The van der Waals surface area contributed by atoms with Crippen LogP contribution in [0.15, 0.2) is 0 Å². The van der Waals surface area contributed by atoms with E-state index in [1.54, 1.807) is 0 Å². The zero-order valence-corrected chi connectivity index (χ0v) is 37.5. The fourth-order valence-electron chi connectivity index (χ4n) is 6.13. The van der Waals surface area contributed by atoms with Crippen LogP contribution >= 0.6 is 92.8 Å². The monoisotopic (exact) mass is 1250 g/mol. The molecule has 0 unspecified atom stereocenters. The smallest absolute Gasteiger partial charge is 0.352 e. The Bertz CT molecular complexity index is 2870. The lowest BCUT2D eigenvalue weighted by Crippen LogP contribution is -2.50. The van der Waals surface area contributed by atoms with Crippen LogP contribution in [-0.4, -0.2) is 68.3 Å². The Labute approximate surface area is 413 Å². The number of alkyl halides is 28. The third-order valence-electron chi connectivity index (χ3n) is 9.63. The molecule has 0 aliphatic carbocycles. The third-order valence-corrected chi connectivity index (χ3v) is 13.0. The molecule has 0 saturated carbocycles. The zero-order chi connectivity index (χ0) is 56.4. The van der Waals surface area contributed by atoms with Crippen LogP contribution in [0.3, 0.4) is 0 Å². The molecule has 3 aromatic rings. The van der Waals surface area contributed by atoms with Crippen LogP contribution in [0.4, 0.5) is 123 Å². The van der Waals surface area contributed by atoms with E-state index < -0.39 is 179 Å². The number of rotatable bonds is 8. The Balaban J connectivity index is 2.49. The normalized spacial score (nSPS) is 15.9. The van der Waals surface area contributed by atoms with E-state index in [0.29, 0.717) is 9.97 Å². The lowest BCUT2D eigenvalue weighted by Gasteiger charge is -2.29. The number of hydrogen-bond acceptors (Lipinski definition) is 2. The molecule has 0 fully saturated rings. The number of nitrogens with one attached hydrogen (secondary N) is 2. The SMILES string of the molecule is FC(F)(F)C(F)(F)C(F)(F)c1c2nc(c(C(F)(F)C(F)(F)C(F)(F)F)c3[nH]c(c(Cl)c3Cl)c(C(F)(F)C(F)(F)C(F)(F)F)c3[nH]c(c(Cl)c3Cl)c(C(F)(F)C(F)(F)C(F)(F)F)c3nc1C(Cl)=C3Cl)C(Cl)=C2Cl. The van der Waals surface area contributed by atoms with Gasteiger partial charge in [0.25, 0.3) is 0 Å². The van der Waals surface area contributed by atoms with E-state index >= 15 is 61.5 Å². The lowest BCUT2D eigenvalue weighted by atomic mass is 9.98. The molecular formula is C32H2Cl8F28N4. The highest BCUT2D eigenvalue weighted by Crippen LogP contribution is 2.63. The third kappa shape index (κ3) is 8.16. The predicted molar refractivity (Wildman–Crippen MR) is 198 cm³/mol. The molecule has 2 aliphatic rings. The standard InChI is InChI=1S/C32H2Cl8F28N4/c33-5-7(35)15-2(22(43,44)26(51,52)30(60,61)62)17-9(37)11(39)19(71-17)4(24(47,48)28(55,56)32(66,67)68)20-12(40)10(38)18(72-20)3(23(45,46)27(53,54)31(63,64)65)16-8(36)6(34)14(70-16)1(13(5)69-15)21(41,42)25(49,50)29(57,58)59/h69-70H.